The van der Waals surface area contributed by atoms with Crippen molar-refractivity contribution in [2.75, 3.05) is 19.0 Å². The number of alkyl halides is 2. The molecule has 0 spiro atoms. The predicted molar refractivity (Wildman–Crippen MR) is 93.6 cm³/mol. The van der Waals surface area contributed by atoms with Crippen LogP contribution in [0.4, 0.5) is 14.5 Å². The van der Waals surface area contributed by atoms with Crippen molar-refractivity contribution in [3.05, 3.63) is 40.7 Å². The molecule has 0 atom stereocenters. The zero-order valence-corrected chi connectivity index (χ0v) is 15.0. The molecule has 146 valence electrons. The average molecular weight is 403 g/mol. The van der Waals surface area contributed by atoms with Gasteiger partial charge in [-0.25, -0.2) is 4.79 Å². The smallest absolute Gasteiger partial charge is 0.387 e. The van der Waals surface area contributed by atoms with Gasteiger partial charge in [-0.3, -0.25) is 9.89 Å². The number of aromatic amines is 1. The van der Waals surface area contributed by atoms with Crippen LogP contribution in [0.3, 0.4) is 0 Å². The number of benzene rings is 1. The fourth-order valence-corrected chi connectivity index (χ4v) is 2.66. The molecule has 0 saturated carbocycles. The van der Waals surface area contributed by atoms with Gasteiger partial charge in [0.05, 0.1) is 18.4 Å². The Morgan fingerprint density at radius 3 is 2.81 bits per heavy atom. The number of nitrogens with zero attached hydrogens (tertiary/aromatic N) is 1. The summed E-state index contributed by atoms with van der Waals surface area (Å²) in [6.07, 6.45) is 0.711. The normalized spacial score (nSPS) is 12.7. The first-order valence-electron chi connectivity index (χ1n) is 7.75. The molecule has 1 aromatic heterocycles. The molecule has 1 aliphatic rings. The third-order valence-corrected chi connectivity index (χ3v) is 3.89. The minimum Gasteiger partial charge on any atom is -0.465 e. The standard InChI is InChI=1S/C16H16F2N4O4.ClH/c1-25-15(24)8-2-3-11(12(6-8)26-16(17)18)20-14(23)13-9-7-19-5-4-10(9)21-22-13;/h2-3,6,16,19H,4-5,7H2,1H3,(H,20,23)(H,21,22);1H. The van der Waals surface area contributed by atoms with Crippen molar-refractivity contribution in [1.29, 1.82) is 0 Å². The summed E-state index contributed by atoms with van der Waals surface area (Å²) in [5, 5.41) is 12.4. The highest BCUT2D eigenvalue weighted by Gasteiger charge is 2.23. The molecule has 11 heteroatoms. The summed E-state index contributed by atoms with van der Waals surface area (Å²) >= 11 is 0. The molecule has 1 amide bonds. The summed E-state index contributed by atoms with van der Waals surface area (Å²) in [6, 6.07) is 3.70. The predicted octanol–water partition coefficient (Wildman–Crippen LogP) is 2.12. The summed E-state index contributed by atoms with van der Waals surface area (Å²) in [5.41, 5.74) is 1.77. The molecule has 0 saturated heterocycles. The second-order valence-electron chi connectivity index (χ2n) is 5.49. The van der Waals surface area contributed by atoms with Gasteiger partial charge < -0.3 is 20.1 Å². The zero-order chi connectivity index (χ0) is 18.7. The number of aromatic nitrogens is 2. The Morgan fingerprint density at radius 1 is 1.33 bits per heavy atom. The minimum atomic E-state index is -3.12. The number of hydrogen-bond donors (Lipinski definition) is 3. The molecule has 1 aliphatic heterocycles. The first kappa shape index (κ1) is 20.6. The number of hydrogen-bond acceptors (Lipinski definition) is 6. The van der Waals surface area contributed by atoms with E-state index < -0.39 is 18.5 Å². The molecule has 0 radical (unpaired) electrons. The molecule has 3 rings (SSSR count). The van der Waals surface area contributed by atoms with Gasteiger partial charge in [-0.15, -0.1) is 12.4 Å². The van der Waals surface area contributed by atoms with Gasteiger partial charge in [0.1, 0.15) is 5.75 Å². The number of nitrogens with one attached hydrogen (secondary N) is 3. The fourth-order valence-electron chi connectivity index (χ4n) is 2.66. The van der Waals surface area contributed by atoms with Gasteiger partial charge in [0.2, 0.25) is 0 Å². The number of ether oxygens (including phenoxy) is 2. The molecular weight excluding hydrogens is 386 g/mol. The van der Waals surface area contributed by atoms with E-state index in [1.54, 1.807) is 0 Å². The van der Waals surface area contributed by atoms with Crippen molar-refractivity contribution in [3.63, 3.8) is 0 Å². The Kier molecular flexibility index (Phi) is 6.70. The summed E-state index contributed by atoms with van der Waals surface area (Å²) < 4.78 is 34.3. The number of carbonyl (C=O) groups excluding carboxylic acids is 2. The summed E-state index contributed by atoms with van der Waals surface area (Å²) in [5.74, 6) is -1.63. The van der Waals surface area contributed by atoms with Crippen molar-refractivity contribution >= 4 is 30.0 Å². The number of anilines is 1. The summed E-state index contributed by atoms with van der Waals surface area (Å²) in [4.78, 5) is 24.1. The van der Waals surface area contributed by atoms with Crippen LogP contribution in [0, 0.1) is 0 Å². The van der Waals surface area contributed by atoms with Crippen LogP contribution >= 0.6 is 12.4 Å². The molecule has 0 unspecified atom stereocenters. The summed E-state index contributed by atoms with van der Waals surface area (Å²) in [6.45, 7) is -1.87. The lowest BCUT2D eigenvalue weighted by molar-refractivity contribution is -0.0494. The number of rotatable bonds is 5. The quantitative estimate of drug-likeness (QED) is 0.662. The van der Waals surface area contributed by atoms with E-state index in [-0.39, 0.29) is 35.1 Å². The number of esters is 1. The molecule has 1 aromatic carbocycles. The van der Waals surface area contributed by atoms with E-state index in [4.69, 9.17) is 0 Å². The maximum absolute atomic E-state index is 12.7. The molecule has 0 fully saturated rings. The van der Waals surface area contributed by atoms with Crippen LogP contribution in [-0.2, 0) is 17.7 Å². The van der Waals surface area contributed by atoms with Crippen molar-refractivity contribution in [2.24, 2.45) is 0 Å². The lowest BCUT2D eigenvalue weighted by Crippen LogP contribution is -2.25. The Bertz CT molecular complexity index is 844. The van der Waals surface area contributed by atoms with Crippen molar-refractivity contribution < 1.29 is 27.8 Å². The number of carbonyl (C=O) groups is 2. The van der Waals surface area contributed by atoms with Crippen LogP contribution < -0.4 is 15.4 Å². The number of halogens is 3. The van der Waals surface area contributed by atoms with Gasteiger partial charge in [0.25, 0.3) is 5.91 Å². The van der Waals surface area contributed by atoms with E-state index in [1.807, 2.05) is 0 Å². The number of H-pyrrole nitrogens is 1. The fraction of sp³-hybridized carbons (Fsp3) is 0.312. The van der Waals surface area contributed by atoms with E-state index in [9.17, 15) is 18.4 Å². The Labute approximate surface area is 159 Å². The van der Waals surface area contributed by atoms with E-state index in [0.717, 1.165) is 23.9 Å². The number of amides is 1. The highest BCUT2D eigenvalue weighted by Crippen LogP contribution is 2.29. The van der Waals surface area contributed by atoms with Gasteiger partial charge in [-0.2, -0.15) is 13.9 Å². The van der Waals surface area contributed by atoms with Gasteiger partial charge in [-0.1, -0.05) is 0 Å². The zero-order valence-electron chi connectivity index (χ0n) is 14.2. The topological polar surface area (TPSA) is 105 Å². The lowest BCUT2D eigenvalue weighted by Gasteiger charge is -2.14. The first-order chi connectivity index (χ1) is 12.5. The third-order valence-electron chi connectivity index (χ3n) is 3.89. The molecule has 0 bridgehead atoms. The van der Waals surface area contributed by atoms with Crippen molar-refractivity contribution in [3.8, 4) is 5.75 Å². The van der Waals surface area contributed by atoms with E-state index in [0.29, 0.717) is 13.0 Å². The average Bonchev–Trinajstić information content (AvgIpc) is 3.06. The van der Waals surface area contributed by atoms with Crippen molar-refractivity contribution in [1.82, 2.24) is 15.5 Å². The second-order valence-corrected chi connectivity index (χ2v) is 5.49. The molecule has 2 heterocycles. The van der Waals surface area contributed by atoms with E-state index in [1.165, 1.54) is 19.2 Å². The third kappa shape index (κ3) is 4.52. The van der Waals surface area contributed by atoms with Crippen molar-refractivity contribution in [2.45, 2.75) is 19.6 Å². The van der Waals surface area contributed by atoms with Crippen LogP contribution in [0.1, 0.15) is 32.1 Å². The van der Waals surface area contributed by atoms with Crippen LogP contribution in [0.25, 0.3) is 0 Å². The number of fused-ring (bicyclic) bond motifs is 1. The van der Waals surface area contributed by atoms with Crippen LogP contribution in [-0.4, -0.2) is 42.3 Å². The highest BCUT2D eigenvalue weighted by atomic mass is 35.5. The SMILES string of the molecule is COC(=O)c1ccc(NC(=O)c2n[nH]c3c2CNCC3)c(OC(F)F)c1.Cl. The van der Waals surface area contributed by atoms with Crippen LogP contribution in [0.15, 0.2) is 18.2 Å². The molecule has 0 aliphatic carbocycles. The molecule has 27 heavy (non-hydrogen) atoms. The lowest BCUT2D eigenvalue weighted by atomic mass is 10.1. The first-order valence-corrected chi connectivity index (χ1v) is 7.75. The van der Waals surface area contributed by atoms with Gasteiger partial charge in [-0.05, 0) is 18.2 Å². The summed E-state index contributed by atoms with van der Waals surface area (Å²) in [7, 11) is 1.17. The largest absolute Gasteiger partial charge is 0.465 e. The Hall–Kier alpha value is -2.72. The maximum Gasteiger partial charge on any atom is 0.387 e. The Balaban J connectivity index is 0.00000261. The molecular formula is C16H17ClF2N4O4. The maximum atomic E-state index is 12.7. The van der Waals surface area contributed by atoms with E-state index in [2.05, 4.69) is 30.3 Å². The van der Waals surface area contributed by atoms with Crippen LogP contribution in [0.5, 0.6) is 5.75 Å². The second kappa shape index (κ2) is 8.78. The van der Waals surface area contributed by atoms with Gasteiger partial charge in [0, 0.05) is 30.8 Å². The van der Waals surface area contributed by atoms with E-state index >= 15 is 0 Å². The highest BCUT2D eigenvalue weighted by molar-refractivity contribution is 6.05. The Morgan fingerprint density at radius 2 is 2.11 bits per heavy atom. The molecule has 8 nitrogen and oxygen atoms in total. The van der Waals surface area contributed by atoms with Gasteiger partial charge >= 0.3 is 12.6 Å². The van der Waals surface area contributed by atoms with Gasteiger partial charge in [0.15, 0.2) is 5.69 Å². The monoisotopic (exact) mass is 402 g/mol. The minimum absolute atomic E-state index is 0. The molecule has 2 aromatic rings. The van der Waals surface area contributed by atoms with Crippen LogP contribution in [0.2, 0.25) is 0 Å². The number of methoxy groups -OCH3 is 1. The molecule has 3 N–H and O–H groups in total.